The molecule has 1 aromatic carbocycles. The molecule has 1 aromatic heterocycles. The van der Waals surface area contributed by atoms with E-state index in [1.165, 1.54) is 0 Å². The summed E-state index contributed by atoms with van der Waals surface area (Å²) >= 11 is 1.71. The zero-order chi connectivity index (χ0) is 10.2. The van der Waals surface area contributed by atoms with Crippen LogP contribution < -0.4 is 5.73 Å². The van der Waals surface area contributed by atoms with Crippen LogP contribution in [-0.2, 0) is 0 Å². The average molecular weight is 205 g/mol. The van der Waals surface area contributed by atoms with Gasteiger partial charge >= 0.3 is 0 Å². The first-order valence-electron chi connectivity index (χ1n) is 4.12. The van der Waals surface area contributed by atoms with Gasteiger partial charge in [-0.25, -0.2) is 0 Å². The van der Waals surface area contributed by atoms with Crippen LogP contribution in [0.5, 0.6) is 0 Å². The Morgan fingerprint density at radius 3 is 1.86 bits per heavy atom. The van der Waals surface area contributed by atoms with Gasteiger partial charge in [0.15, 0.2) is 0 Å². The minimum atomic E-state index is -0.379. The van der Waals surface area contributed by atoms with Crippen molar-refractivity contribution in [3.63, 3.8) is 0 Å². The van der Waals surface area contributed by atoms with Crippen LogP contribution in [0, 0.1) is 0 Å². The van der Waals surface area contributed by atoms with Crippen molar-refractivity contribution in [2.45, 2.75) is 0 Å². The molecule has 0 saturated carbocycles. The van der Waals surface area contributed by atoms with Gasteiger partial charge in [0.05, 0.1) is 0 Å². The number of amides is 1. The summed E-state index contributed by atoms with van der Waals surface area (Å²) in [4.78, 5) is 10.4. The van der Waals surface area contributed by atoms with Crippen LogP contribution in [0.4, 0.5) is 0 Å². The molecule has 3 heteroatoms. The predicted octanol–water partition coefficient (Wildman–Crippen LogP) is 2.53. The Bertz CT molecular complexity index is 339. The second-order valence-corrected chi connectivity index (χ2v) is 3.34. The lowest BCUT2D eigenvalue weighted by atomic mass is 10.2. The van der Waals surface area contributed by atoms with Crippen molar-refractivity contribution in [1.82, 2.24) is 0 Å². The smallest absolute Gasteiger partial charge is 0.248 e. The molecule has 1 heterocycles. The third-order valence-electron chi connectivity index (χ3n) is 1.48. The van der Waals surface area contributed by atoms with Crippen LogP contribution in [0.25, 0.3) is 0 Å². The van der Waals surface area contributed by atoms with Crippen molar-refractivity contribution in [3.05, 3.63) is 58.8 Å². The van der Waals surface area contributed by atoms with Gasteiger partial charge in [-0.3, -0.25) is 4.79 Å². The molecule has 2 rings (SSSR count). The van der Waals surface area contributed by atoms with E-state index in [0.717, 1.165) is 0 Å². The fraction of sp³-hybridized carbons (Fsp3) is 0. The maximum absolute atomic E-state index is 10.4. The molecule has 0 fully saturated rings. The maximum Gasteiger partial charge on any atom is 0.248 e. The number of thiophene rings is 1. The van der Waals surface area contributed by atoms with Gasteiger partial charge in [0, 0.05) is 5.56 Å². The standard InChI is InChI=1S/C7H7NO.C4H4S/c8-7(9)6-4-2-1-3-5-6;1-2-4-5-3-1/h1-5H,(H2,8,9);1-4H. The number of carbonyl (C=O) groups excluding carboxylic acids is 1. The topological polar surface area (TPSA) is 43.1 Å². The van der Waals surface area contributed by atoms with Crippen LogP contribution in [0.15, 0.2) is 53.2 Å². The number of carbonyl (C=O) groups is 1. The normalized spacial score (nSPS) is 8.57. The maximum atomic E-state index is 10.4. The Morgan fingerprint density at radius 1 is 1.00 bits per heavy atom. The van der Waals surface area contributed by atoms with Crippen LogP contribution >= 0.6 is 11.3 Å². The SMILES string of the molecule is NC(=O)c1ccccc1.c1ccsc1. The number of nitrogens with two attached hydrogens (primary N) is 1. The lowest BCUT2D eigenvalue weighted by Gasteiger charge is -1.89. The molecule has 0 spiro atoms. The summed E-state index contributed by atoms with van der Waals surface area (Å²) < 4.78 is 0. The Morgan fingerprint density at radius 2 is 1.57 bits per heavy atom. The Labute approximate surface area is 87.0 Å². The van der Waals surface area contributed by atoms with E-state index < -0.39 is 0 Å². The summed E-state index contributed by atoms with van der Waals surface area (Å²) in [6, 6.07) is 12.8. The van der Waals surface area contributed by atoms with E-state index in [0.29, 0.717) is 5.56 Å². The number of primary amides is 1. The molecule has 14 heavy (non-hydrogen) atoms. The van der Waals surface area contributed by atoms with E-state index in [9.17, 15) is 4.79 Å². The van der Waals surface area contributed by atoms with Crippen LogP contribution in [0.3, 0.4) is 0 Å². The molecule has 2 N–H and O–H groups in total. The number of rotatable bonds is 1. The van der Waals surface area contributed by atoms with E-state index in [1.54, 1.807) is 35.6 Å². The molecule has 0 unspecified atom stereocenters. The molecule has 2 aromatic rings. The second-order valence-electron chi connectivity index (χ2n) is 2.52. The van der Waals surface area contributed by atoms with Gasteiger partial charge in [-0.15, -0.1) is 0 Å². The Kier molecular flexibility index (Phi) is 4.44. The Balaban J connectivity index is 0.000000165. The number of hydrogen-bond acceptors (Lipinski definition) is 2. The van der Waals surface area contributed by atoms with E-state index in [2.05, 4.69) is 0 Å². The van der Waals surface area contributed by atoms with E-state index in [-0.39, 0.29) is 5.91 Å². The fourth-order valence-corrected chi connectivity index (χ4v) is 1.28. The predicted molar refractivity (Wildman–Crippen MR) is 59.3 cm³/mol. The molecule has 0 radical (unpaired) electrons. The van der Waals surface area contributed by atoms with E-state index in [1.807, 2.05) is 29.0 Å². The minimum absolute atomic E-state index is 0.379. The molecular formula is C11H11NOS. The molecule has 0 saturated heterocycles. The molecule has 0 bridgehead atoms. The molecule has 0 aliphatic rings. The summed E-state index contributed by atoms with van der Waals surface area (Å²) in [7, 11) is 0. The van der Waals surface area contributed by atoms with Crippen molar-refractivity contribution in [2.24, 2.45) is 5.73 Å². The monoisotopic (exact) mass is 205 g/mol. The third kappa shape index (κ3) is 3.87. The third-order valence-corrected chi connectivity index (χ3v) is 2.11. The highest BCUT2D eigenvalue weighted by molar-refractivity contribution is 7.07. The first kappa shape index (κ1) is 10.5. The fourth-order valence-electron chi connectivity index (χ4n) is 0.829. The molecule has 1 amide bonds. The van der Waals surface area contributed by atoms with Gasteiger partial charge in [0.1, 0.15) is 0 Å². The van der Waals surface area contributed by atoms with Gasteiger partial charge in [-0.2, -0.15) is 11.3 Å². The number of benzene rings is 1. The first-order chi connectivity index (χ1) is 6.80. The molecule has 72 valence electrons. The summed E-state index contributed by atoms with van der Waals surface area (Å²) in [5, 5.41) is 4.08. The van der Waals surface area contributed by atoms with Crippen LogP contribution in [0.2, 0.25) is 0 Å². The summed E-state index contributed by atoms with van der Waals surface area (Å²) in [6.07, 6.45) is 0. The molecule has 0 atom stereocenters. The molecule has 0 aliphatic heterocycles. The minimum Gasteiger partial charge on any atom is -0.366 e. The van der Waals surface area contributed by atoms with Crippen LogP contribution in [-0.4, -0.2) is 5.91 Å². The lowest BCUT2D eigenvalue weighted by Crippen LogP contribution is -2.09. The first-order valence-corrected chi connectivity index (χ1v) is 5.07. The van der Waals surface area contributed by atoms with Crippen molar-refractivity contribution < 1.29 is 4.79 Å². The number of hydrogen-bond donors (Lipinski definition) is 1. The van der Waals surface area contributed by atoms with Gasteiger partial charge in [0.25, 0.3) is 0 Å². The Hall–Kier alpha value is -1.61. The van der Waals surface area contributed by atoms with E-state index in [4.69, 9.17) is 5.73 Å². The van der Waals surface area contributed by atoms with Crippen molar-refractivity contribution in [2.75, 3.05) is 0 Å². The summed E-state index contributed by atoms with van der Waals surface area (Å²) in [5.74, 6) is -0.379. The largest absolute Gasteiger partial charge is 0.366 e. The van der Waals surface area contributed by atoms with Gasteiger partial charge in [-0.05, 0) is 22.9 Å². The van der Waals surface area contributed by atoms with Crippen molar-refractivity contribution in [3.8, 4) is 0 Å². The quantitative estimate of drug-likeness (QED) is 0.763. The summed E-state index contributed by atoms with van der Waals surface area (Å²) in [6.45, 7) is 0. The lowest BCUT2D eigenvalue weighted by molar-refractivity contribution is 0.100. The van der Waals surface area contributed by atoms with E-state index >= 15 is 0 Å². The van der Waals surface area contributed by atoms with Crippen LogP contribution in [0.1, 0.15) is 10.4 Å². The zero-order valence-corrected chi connectivity index (χ0v) is 8.41. The van der Waals surface area contributed by atoms with Gasteiger partial charge < -0.3 is 5.73 Å². The van der Waals surface area contributed by atoms with Crippen molar-refractivity contribution >= 4 is 17.2 Å². The zero-order valence-electron chi connectivity index (χ0n) is 7.59. The molecule has 0 aliphatic carbocycles. The highest BCUT2D eigenvalue weighted by Crippen LogP contribution is 1.94. The average Bonchev–Trinajstić information content (AvgIpc) is 2.77. The van der Waals surface area contributed by atoms with Gasteiger partial charge in [-0.1, -0.05) is 30.3 Å². The van der Waals surface area contributed by atoms with Gasteiger partial charge in [0.2, 0.25) is 5.91 Å². The highest BCUT2D eigenvalue weighted by atomic mass is 32.1. The highest BCUT2D eigenvalue weighted by Gasteiger charge is 1.93. The summed E-state index contributed by atoms with van der Waals surface area (Å²) in [5.41, 5.74) is 5.53. The molecule has 2 nitrogen and oxygen atoms in total. The second kappa shape index (κ2) is 5.94. The van der Waals surface area contributed by atoms with Crippen molar-refractivity contribution in [1.29, 1.82) is 0 Å². The molecular weight excluding hydrogens is 194 g/mol.